The molecule has 1 fully saturated rings. The van der Waals surface area contributed by atoms with Crippen molar-refractivity contribution >= 4 is 22.5 Å². The van der Waals surface area contributed by atoms with Crippen molar-refractivity contribution in [2.45, 2.75) is 24.2 Å². The lowest BCUT2D eigenvalue weighted by atomic mass is 10.2. The second-order valence-corrected chi connectivity index (χ2v) is 6.76. The molecule has 2 unspecified atom stereocenters. The van der Waals surface area contributed by atoms with Gasteiger partial charge in [0.1, 0.15) is 11.1 Å². The standard InChI is InChI=1S/C15H18F3N3O2S/c1-11(22)13-19-21(12-5-3-2-4-6-12)15(24-13,14(16,17)18)20-7-9-23-10-8-20/h2-6,11,22H,7-10H2,1H3. The molecule has 1 saturated heterocycles. The number of nitrogens with zero attached hydrogens (tertiary/aromatic N) is 3. The van der Waals surface area contributed by atoms with Crippen molar-refractivity contribution in [3.05, 3.63) is 30.3 Å². The van der Waals surface area contributed by atoms with Crippen LogP contribution in [0.25, 0.3) is 0 Å². The molecule has 2 atom stereocenters. The fourth-order valence-corrected chi connectivity index (χ4v) is 4.01. The first-order valence-corrected chi connectivity index (χ1v) is 8.38. The molecule has 0 radical (unpaired) electrons. The highest BCUT2D eigenvalue weighted by atomic mass is 32.2. The van der Waals surface area contributed by atoms with Crippen LogP contribution >= 0.6 is 11.8 Å². The van der Waals surface area contributed by atoms with Gasteiger partial charge < -0.3 is 9.84 Å². The lowest BCUT2D eigenvalue weighted by molar-refractivity contribution is -0.205. The van der Waals surface area contributed by atoms with Gasteiger partial charge in [0.15, 0.2) is 0 Å². The van der Waals surface area contributed by atoms with Crippen LogP contribution in [0.3, 0.4) is 0 Å². The summed E-state index contributed by atoms with van der Waals surface area (Å²) in [5, 5.41) is 15.0. The molecule has 9 heteroatoms. The zero-order chi connectivity index (χ0) is 17.4. The van der Waals surface area contributed by atoms with Gasteiger partial charge >= 0.3 is 6.18 Å². The first-order valence-electron chi connectivity index (χ1n) is 7.56. The molecule has 3 rings (SSSR count). The van der Waals surface area contributed by atoms with E-state index in [1.807, 2.05) is 0 Å². The maximum atomic E-state index is 14.3. The molecular formula is C15H18F3N3O2S. The molecule has 1 aromatic carbocycles. The summed E-state index contributed by atoms with van der Waals surface area (Å²) >= 11 is 0.554. The van der Waals surface area contributed by atoms with Crippen LogP contribution in [0, 0.1) is 0 Å². The monoisotopic (exact) mass is 361 g/mol. The van der Waals surface area contributed by atoms with E-state index >= 15 is 0 Å². The quantitative estimate of drug-likeness (QED) is 0.896. The molecule has 0 bridgehead atoms. The molecule has 2 heterocycles. The predicted molar refractivity (Wildman–Crippen MR) is 86.8 cm³/mol. The number of thioether (sulfide) groups is 1. The van der Waals surface area contributed by atoms with Gasteiger partial charge in [-0.05, 0) is 19.1 Å². The van der Waals surface area contributed by atoms with E-state index in [4.69, 9.17) is 4.74 Å². The maximum absolute atomic E-state index is 14.3. The summed E-state index contributed by atoms with van der Waals surface area (Å²) < 4.78 is 48.0. The van der Waals surface area contributed by atoms with Gasteiger partial charge in [0.05, 0.1) is 18.9 Å². The predicted octanol–water partition coefficient (Wildman–Crippen LogP) is 2.48. The second-order valence-electron chi connectivity index (χ2n) is 5.57. The van der Waals surface area contributed by atoms with E-state index in [-0.39, 0.29) is 31.3 Å². The van der Waals surface area contributed by atoms with E-state index in [1.165, 1.54) is 11.8 Å². The molecule has 0 aromatic heterocycles. The fourth-order valence-electron chi connectivity index (χ4n) is 2.77. The molecule has 2 aliphatic heterocycles. The Morgan fingerprint density at radius 2 is 1.88 bits per heavy atom. The van der Waals surface area contributed by atoms with E-state index in [2.05, 4.69) is 5.10 Å². The van der Waals surface area contributed by atoms with Crippen LogP contribution in [-0.4, -0.2) is 58.6 Å². The van der Waals surface area contributed by atoms with Crippen molar-refractivity contribution in [2.24, 2.45) is 5.10 Å². The Labute approximate surface area is 142 Å². The molecule has 2 aliphatic rings. The Morgan fingerprint density at radius 1 is 1.25 bits per heavy atom. The van der Waals surface area contributed by atoms with E-state index in [0.29, 0.717) is 17.4 Å². The number of benzene rings is 1. The van der Waals surface area contributed by atoms with Crippen LogP contribution in [0.15, 0.2) is 35.4 Å². The molecular weight excluding hydrogens is 343 g/mol. The van der Waals surface area contributed by atoms with Crippen molar-refractivity contribution in [3.8, 4) is 0 Å². The Balaban J connectivity index is 2.11. The van der Waals surface area contributed by atoms with Crippen LogP contribution < -0.4 is 5.01 Å². The number of aliphatic hydroxyl groups excluding tert-OH is 1. The summed E-state index contributed by atoms with van der Waals surface area (Å²) in [6, 6.07) is 8.22. The number of aliphatic hydroxyl groups is 1. The molecule has 5 nitrogen and oxygen atoms in total. The van der Waals surface area contributed by atoms with Crippen molar-refractivity contribution in [1.82, 2.24) is 4.90 Å². The molecule has 1 aromatic rings. The van der Waals surface area contributed by atoms with Gasteiger partial charge in [-0.1, -0.05) is 30.0 Å². The molecule has 0 spiro atoms. The number of para-hydroxylation sites is 1. The first kappa shape index (κ1) is 17.5. The minimum atomic E-state index is -4.59. The number of hydrogen-bond acceptors (Lipinski definition) is 6. The Hall–Kier alpha value is -1.29. The Bertz CT molecular complexity index is 606. The van der Waals surface area contributed by atoms with Crippen LogP contribution in [0.5, 0.6) is 0 Å². The van der Waals surface area contributed by atoms with Crippen LogP contribution in [0.4, 0.5) is 18.9 Å². The summed E-state index contributed by atoms with van der Waals surface area (Å²) in [6.45, 7) is 2.15. The average Bonchev–Trinajstić information content (AvgIpc) is 2.98. The number of hydrogen-bond donors (Lipinski definition) is 1. The van der Waals surface area contributed by atoms with Gasteiger partial charge in [0.2, 0.25) is 0 Å². The average molecular weight is 361 g/mol. The van der Waals surface area contributed by atoms with Crippen molar-refractivity contribution in [1.29, 1.82) is 0 Å². The SMILES string of the molecule is CC(O)C1=NN(c2ccccc2)C(N2CCOCC2)(C(F)(F)F)S1. The van der Waals surface area contributed by atoms with Gasteiger partial charge in [-0.15, -0.1) is 0 Å². The van der Waals surface area contributed by atoms with Gasteiger partial charge in [-0.3, -0.25) is 4.90 Å². The third kappa shape index (κ3) is 2.90. The summed E-state index contributed by atoms with van der Waals surface area (Å²) in [5.74, 6) is 0. The van der Waals surface area contributed by atoms with Crippen molar-refractivity contribution < 1.29 is 23.0 Å². The van der Waals surface area contributed by atoms with Gasteiger partial charge in [0, 0.05) is 13.1 Å². The number of rotatable bonds is 3. The van der Waals surface area contributed by atoms with Crippen LogP contribution in [-0.2, 0) is 4.74 Å². The highest BCUT2D eigenvalue weighted by Gasteiger charge is 2.67. The van der Waals surface area contributed by atoms with Crippen molar-refractivity contribution in [2.75, 3.05) is 31.3 Å². The second kappa shape index (κ2) is 6.55. The van der Waals surface area contributed by atoms with Gasteiger partial charge in [0.25, 0.3) is 4.99 Å². The largest absolute Gasteiger partial charge is 0.437 e. The summed E-state index contributed by atoms with van der Waals surface area (Å²) in [5.41, 5.74) is 0.324. The minimum Gasteiger partial charge on any atom is -0.386 e. The van der Waals surface area contributed by atoms with Crippen LogP contribution in [0.1, 0.15) is 6.92 Å². The van der Waals surface area contributed by atoms with E-state index < -0.39 is 17.3 Å². The molecule has 1 N–H and O–H groups in total. The molecule has 0 aliphatic carbocycles. The smallest absolute Gasteiger partial charge is 0.386 e. The van der Waals surface area contributed by atoms with E-state index in [9.17, 15) is 18.3 Å². The zero-order valence-electron chi connectivity index (χ0n) is 13.0. The fraction of sp³-hybridized carbons (Fsp3) is 0.533. The Morgan fingerprint density at radius 3 is 2.42 bits per heavy atom. The number of ether oxygens (including phenoxy) is 1. The van der Waals surface area contributed by atoms with E-state index in [0.717, 1.165) is 5.01 Å². The van der Waals surface area contributed by atoms with Crippen molar-refractivity contribution in [3.63, 3.8) is 0 Å². The lowest BCUT2D eigenvalue weighted by Gasteiger charge is -2.46. The Kier molecular flexibility index (Phi) is 4.78. The molecule has 0 saturated carbocycles. The summed E-state index contributed by atoms with van der Waals surface area (Å²) in [7, 11) is 0. The minimum absolute atomic E-state index is 0.0441. The van der Waals surface area contributed by atoms with Gasteiger partial charge in [-0.25, -0.2) is 5.01 Å². The number of hydrazone groups is 1. The highest BCUT2D eigenvalue weighted by Crippen LogP contribution is 2.53. The maximum Gasteiger partial charge on any atom is 0.437 e. The summed E-state index contributed by atoms with van der Waals surface area (Å²) in [4.78, 5) is -1.06. The first-order chi connectivity index (χ1) is 11.4. The molecule has 24 heavy (non-hydrogen) atoms. The lowest BCUT2D eigenvalue weighted by Crippen LogP contribution is -2.66. The number of halogens is 3. The zero-order valence-corrected chi connectivity index (χ0v) is 13.8. The third-order valence-electron chi connectivity index (χ3n) is 3.90. The number of morpholine rings is 1. The van der Waals surface area contributed by atoms with E-state index in [1.54, 1.807) is 30.3 Å². The third-order valence-corrected chi connectivity index (χ3v) is 5.48. The topological polar surface area (TPSA) is 48.3 Å². The number of alkyl halides is 3. The molecule has 0 amide bonds. The van der Waals surface area contributed by atoms with Gasteiger partial charge in [-0.2, -0.15) is 18.3 Å². The normalized spacial score (nSPS) is 27.2. The van der Waals surface area contributed by atoms with Crippen LogP contribution in [0.2, 0.25) is 0 Å². The summed E-state index contributed by atoms with van der Waals surface area (Å²) in [6.07, 6.45) is -5.67. The molecule has 132 valence electrons. The number of anilines is 1. The highest BCUT2D eigenvalue weighted by molar-refractivity contribution is 8.15.